The topological polar surface area (TPSA) is 71.0 Å². The number of carboxylic acid groups (broad SMARTS) is 1. The fraction of sp³-hybridized carbons (Fsp3) is 0.414. The van der Waals surface area contributed by atoms with Gasteiger partial charge in [-0.25, -0.2) is 9.18 Å². The molecule has 7 heteroatoms. The molecule has 2 aromatic carbocycles. The smallest absolute Gasteiger partial charge is 0.338 e. The molecule has 1 saturated heterocycles. The Hall–Kier alpha value is -3.16. The van der Waals surface area contributed by atoms with Crippen LogP contribution in [0.2, 0.25) is 0 Å². The Labute approximate surface area is 211 Å². The Morgan fingerprint density at radius 1 is 1.28 bits per heavy atom. The molecular formula is C29H33FN2O4. The molecule has 0 bridgehead atoms. The summed E-state index contributed by atoms with van der Waals surface area (Å²) in [6, 6.07) is 8.68. The third kappa shape index (κ3) is 5.18. The highest BCUT2D eigenvalue weighted by atomic mass is 19.1. The van der Waals surface area contributed by atoms with Crippen molar-refractivity contribution in [2.45, 2.75) is 51.8 Å². The van der Waals surface area contributed by atoms with Gasteiger partial charge in [0.1, 0.15) is 17.7 Å². The van der Waals surface area contributed by atoms with E-state index in [0.717, 1.165) is 42.6 Å². The van der Waals surface area contributed by atoms with Crippen molar-refractivity contribution < 1.29 is 23.8 Å². The van der Waals surface area contributed by atoms with Crippen LogP contribution < -0.4 is 15.0 Å². The summed E-state index contributed by atoms with van der Waals surface area (Å²) in [7, 11) is 0. The van der Waals surface area contributed by atoms with Gasteiger partial charge in [-0.1, -0.05) is 32.1 Å². The van der Waals surface area contributed by atoms with Crippen molar-refractivity contribution in [2.75, 3.05) is 24.7 Å². The number of hydrogen-bond acceptors (Lipinski definition) is 5. The fourth-order valence-electron chi connectivity index (χ4n) is 5.10. The standard InChI is InChI=1S/C29H33FN2O4/c1-18(2)10-21-15-32(22-6-4-3-5-7-22)27-13-28(36-23-16-35-17-23)24(12-20(27)14-31-21)19-8-9-26(30)25(11-19)29(33)34/h3-4,6,8-9,11-13,18,21,23,31H,5,7,10,14-17H2,1-2H3,(H,33,34)/t21-/m1/s1. The van der Waals surface area contributed by atoms with Crippen LogP contribution in [0.15, 0.2) is 54.3 Å². The van der Waals surface area contributed by atoms with E-state index in [9.17, 15) is 14.3 Å². The predicted molar refractivity (Wildman–Crippen MR) is 138 cm³/mol. The van der Waals surface area contributed by atoms with E-state index < -0.39 is 11.8 Å². The number of ether oxygens (including phenoxy) is 2. The van der Waals surface area contributed by atoms with E-state index >= 15 is 0 Å². The van der Waals surface area contributed by atoms with E-state index in [0.29, 0.717) is 43.0 Å². The first-order chi connectivity index (χ1) is 17.4. The zero-order chi connectivity index (χ0) is 25.2. The molecular weight excluding hydrogens is 459 g/mol. The summed E-state index contributed by atoms with van der Waals surface area (Å²) in [6.07, 6.45) is 9.48. The van der Waals surface area contributed by atoms with Crippen molar-refractivity contribution in [1.82, 2.24) is 5.32 Å². The molecule has 0 spiro atoms. The number of carbonyl (C=O) groups is 1. The van der Waals surface area contributed by atoms with E-state index in [-0.39, 0.29) is 11.7 Å². The Morgan fingerprint density at radius 3 is 2.78 bits per heavy atom. The number of hydrogen-bond donors (Lipinski definition) is 2. The monoisotopic (exact) mass is 492 g/mol. The van der Waals surface area contributed by atoms with Gasteiger partial charge in [0.15, 0.2) is 0 Å². The number of rotatable bonds is 7. The molecule has 3 aliphatic rings. The summed E-state index contributed by atoms with van der Waals surface area (Å²) in [4.78, 5) is 14.0. The first-order valence-corrected chi connectivity index (χ1v) is 12.7. The number of carboxylic acids is 1. The lowest BCUT2D eigenvalue weighted by Crippen LogP contribution is -2.39. The van der Waals surface area contributed by atoms with Gasteiger partial charge >= 0.3 is 5.97 Å². The van der Waals surface area contributed by atoms with Gasteiger partial charge in [0.25, 0.3) is 0 Å². The first-order valence-electron chi connectivity index (χ1n) is 12.7. The Balaban J connectivity index is 1.62. The highest BCUT2D eigenvalue weighted by Gasteiger charge is 2.29. The summed E-state index contributed by atoms with van der Waals surface area (Å²) in [5, 5.41) is 13.2. The fourth-order valence-corrected chi connectivity index (χ4v) is 5.10. The number of allylic oxidation sites excluding steroid dienone is 4. The van der Waals surface area contributed by atoms with Crippen LogP contribution in [0.1, 0.15) is 49.0 Å². The maximum atomic E-state index is 14.2. The second-order valence-corrected chi connectivity index (χ2v) is 10.2. The largest absolute Gasteiger partial charge is 0.485 e. The second kappa shape index (κ2) is 10.4. The van der Waals surface area contributed by atoms with Gasteiger partial charge in [-0.05, 0) is 60.6 Å². The predicted octanol–water partition coefficient (Wildman–Crippen LogP) is 5.53. The van der Waals surface area contributed by atoms with Crippen LogP contribution in [0, 0.1) is 11.7 Å². The van der Waals surface area contributed by atoms with Crippen LogP contribution in [-0.2, 0) is 11.3 Å². The van der Waals surface area contributed by atoms with Gasteiger partial charge in [-0.3, -0.25) is 0 Å². The van der Waals surface area contributed by atoms with Crippen LogP contribution in [0.3, 0.4) is 0 Å². The summed E-state index contributed by atoms with van der Waals surface area (Å²) in [6.45, 7) is 7.04. The SMILES string of the molecule is CC(C)C[C@@H]1CN(C2=CC=CCC2)c2cc(OC3COC3)c(-c3ccc(F)c(C(=O)O)c3)cc2CN1. The van der Waals surface area contributed by atoms with Crippen molar-refractivity contribution in [3.63, 3.8) is 0 Å². The molecule has 5 rings (SSSR count). The van der Waals surface area contributed by atoms with E-state index in [2.05, 4.69) is 54.4 Å². The molecule has 1 fully saturated rings. The molecule has 0 aromatic heterocycles. The summed E-state index contributed by atoms with van der Waals surface area (Å²) in [5.74, 6) is -0.824. The first kappa shape index (κ1) is 24.5. The van der Waals surface area contributed by atoms with Crippen molar-refractivity contribution in [1.29, 1.82) is 0 Å². The number of nitrogens with zero attached hydrogens (tertiary/aromatic N) is 1. The average molecular weight is 493 g/mol. The molecule has 2 heterocycles. The highest BCUT2D eigenvalue weighted by Crippen LogP contribution is 2.41. The van der Waals surface area contributed by atoms with E-state index in [1.807, 2.05) is 0 Å². The molecule has 190 valence electrons. The van der Waals surface area contributed by atoms with Gasteiger partial charge in [-0.2, -0.15) is 0 Å². The summed E-state index contributed by atoms with van der Waals surface area (Å²) < 4.78 is 25.9. The molecule has 0 unspecified atom stereocenters. The summed E-state index contributed by atoms with van der Waals surface area (Å²) in [5.41, 5.74) is 4.49. The number of nitrogens with one attached hydrogen (secondary N) is 1. The molecule has 0 saturated carbocycles. The van der Waals surface area contributed by atoms with Crippen molar-refractivity contribution in [3.8, 4) is 16.9 Å². The van der Waals surface area contributed by atoms with Crippen molar-refractivity contribution in [2.24, 2.45) is 5.92 Å². The number of anilines is 1. The van der Waals surface area contributed by atoms with Gasteiger partial charge in [0.2, 0.25) is 0 Å². The number of fused-ring (bicyclic) bond motifs is 1. The third-order valence-corrected chi connectivity index (χ3v) is 6.96. The van der Waals surface area contributed by atoms with Crippen molar-refractivity contribution >= 4 is 11.7 Å². The number of halogens is 1. The van der Waals surface area contributed by atoms with E-state index in [4.69, 9.17) is 9.47 Å². The maximum absolute atomic E-state index is 14.2. The van der Waals surface area contributed by atoms with Gasteiger partial charge in [-0.15, -0.1) is 0 Å². The maximum Gasteiger partial charge on any atom is 0.338 e. The Bertz CT molecular complexity index is 1200. The minimum atomic E-state index is -1.29. The summed E-state index contributed by atoms with van der Waals surface area (Å²) >= 11 is 0. The molecule has 2 aromatic rings. The minimum Gasteiger partial charge on any atom is -0.485 e. The Kier molecular flexibility index (Phi) is 7.12. The van der Waals surface area contributed by atoms with Crippen LogP contribution >= 0.6 is 0 Å². The number of aromatic carboxylic acids is 1. The Morgan fingerprint density at radius 2 is 2.11 bits per heavy atom. The normalized spacial score (nSPS) is 19.9. The lowest BCUT2D eigenvalue weighted by Gasteiger charge is -2.33. The van der Waals surface area contributed by atoms with Gasteiger partial charge in [0, 0.05) is 42.1 Å². The average Bonchev–Trinajstić information content (AvgIpc) is 3.00. The molecule has 36 heavy (non-hydrogen) atoms. The third-order valence-electron chi connectivity index (χ3n) is 6.96. The molecule has 2 aliphatic heterocycles. The van der Waals surface area contributed by atoms with Crippen LogP contribution in [0.4, 0.5) is 10.1 Å². The van der Waals surface area contributed by atoms with E-state index in [1.165, 1.54) is 17.8 Å². The lowest BCUT2D eigenvalue weighted by molar-refractivity contribution is -0.0794. The molecule has 1 atom stereocenters. The van der Waals surface area contributed by atoms with Crippen molar-refractivity contribution in [3.05, 3.63) is 71.2 Å². The molecule has 1 aliphatic carbocycles. The van der Waals surface area contributed by atoms with Crippen LogP contribution in [0.25, 0.3) is 11.1 Å². The van der Waals surface area contributed by atoms with Gasteiger partial charge < -0.3 is 24.8 Å². The number of benzene rings is 2. The van der Waals surface area contributed by atoms with Crippen LogP contribution in [-0.4, -0.2) is 43.0 Å². The quantitative estimate of drug-likeness (QED) is 0.530. The lowest BCUT2D eigenvalue weighted by atomic mass is 9.97. The van der Waals surface area contributed by atoms with Gasteiger partial charge in [0.05, 0.1) is 18.8 Å². The second-order valence-electron chi connectivity index (χ2n) is 10.2. The zero-order valence-corrected chi connectivity index (χ0v) is 20.8. The molecule has 6 nitrogen and oxygen atoms in total. The molecule has 0 amide bonds. The minimum absolute atomic E-state index is 0.0657. The van der Waals surface area contributed by atoms with E-state index in [1.54, 1.807) is 6.07 Å². The molecule has 2 N–H and O–H groups in total. The highest BCUT2D eigenvalue weighted by molar-refractivity contribution is 5.90. The molecule has 0 radical (unpaired) electrons. The zero-order valence-electron chi connectivity index (χ0n) is 20.8. The van der Waals surface area contributed by atoms with Crippen LogP contribution in [0.5, 0.6) is 5.75 Å².